The van der Waals surface area contributed by atoms with Crippen molar-refractivity contribution in [3.05, 3.63) is 61.8 Å². The Hall–Kier alpha value is -1.68. The summed E-state index contributed by atoms with van der Waals surface area (Å²) in [7, 11) is 1.69. The summed E-state index contributed by atoms with van der Waals surface area (Å²) in [4.78, 5) is 17.5. The fourth-order valence-electron chi connectivity index (χ4n) is 2.39. The molecule has 0 radical (unpaired) electrons. The van der Waals surface area contributed by atoms with Crippen LogP contribution in [0.25, 0.3) is 0 Å². The number of aryl methyl sites for hydroxylation is 1. The smallest absolute Gasteiger partial charge is 0.274 e. The van der Waals surface area contributed by atoms with E-state index >= 15 is 0 Å². The Morgan fingerprint density at radius 2 is 2.04 bits per heavy atom. The highest BCUT2D eigenvalue weighted by Crippen LogP contribution is 2.18. The Labute approximate surface area is 168 Å². The number of halogens is 1. The van der Waals surface area contributed by atoms with Crippen LogP contribution in [-0.2, 0) is 13.0 Å². The minimum absolute atomic E-state index is 0. The van der Waals surface area contributed by atoms with Crippen molar-refractivity contribution in [3.63, 3.8) is 0 Å². The lowest BCUT2D eigenvalue weighted by atomic mass is 10.2. The average Bonchev–Trinajstić information content (AvgIpc) is 2.96. The first-order chi connectivity index (χ1) is 11.5. The number of hydrogen-bond acceptors (Lipinski definition) is 4. The van der Waals surface area contributed by atoms with E-state index in [1.807, 2.05) is 0 Å². The molecule has 0 aliphatic carbocycles. The fraction of sp³-hybridized carbons (Fsp3) is 0.353. The van der Waals surface area contributed by atoms with Crippen molar-refractivity contribution in [2.75, 3.05) is 7.05 Å². The summed E-state index contributed by atoms with van der Waals surface area (Å²) in [5, 5.41) is 17.5. The van der Waals surface area contributed by atoms with Crippen LogP contribution in [0, 0.1) is 17.0 Å². The van der Waals surface area contributed by atoms with Gasteiger partial charge in [0, 0.05) is 47.4 Å². The van der Waals surface area contributed by atoms with Crippen molar-refractivity contribution < 1.29 is 4.92 Å². The Morgan fingerprint density at radius 3 is 2.64 bits per heavy atom. The van der Waals surface area contributed by atoms with E-state index in [2.05, 4.69) is 41.6 Å². The molecule has 1 aromatic carbocycles. The average molecular weight is 474 g/mol. The molecule has 136 valence electrons. The molecule has 2 aromatic rings. The van der Waals surface area contributed by atoms with Crippen LogP contribution >= 0.6 is 35.3 Å². The molecule has 8 heteroatoms. The Morgan fingerprint density at radius 1 is 1.32 bits per heavy atom. The summed E-state index contributed by atoms with van der Waals surface area (Å²) in [6, 6.07) is 11.2. The minimum Gasteiger partial charge on any atom is -0.354 e. The van der Waals surface area contributed by atoms with Crippen molar-refractivity contribution in [1.82, 2.24) is 10.6 Å². The van der Waals surface area contributed by atoms with Crippen LogP contribution in [0.1, 0.15) is 22.2 Å². The number of benzene rings is 1. The van der Waals surface area contributed by atoms with Crippen molar-refractivity contribution in [2.24, 2.45) is 4.99 Å². The Kier molecular flexibility index (Phi) is 8.84. The second kappa shape index (κ2) is 10.3. The third-order valence-corrected chi connectivity index (χ3v) is 4.57. The largest absolute Gasteiger partial charge is 0.354 e. The number of para-hydroxylation sites is 1. The van der Waals surface area contributed by atoms with Crippen LogP contribution in [-0.4, -0.2) is 24.0 Å². The number of nitrogens with one attached hydrogen (secondary N) is 2. The lowest BCUT2D eigenvalue weighted by Crippen LogP contribution is -2.42. The van der Waals surface area contributed by atoms with Gasteiger partial charge in [-0.15, -0.1) is 35.3 Å². The normalized spacial score (nSPS) is 12.2. The summed E-state index contributed by atoms with van der Waals surface area (Å²) in [5.41, 5.74) is 0.745. The van der Waals surface area contributed by atoms with Gasteiger partial charge < -0.3 is 10.6 Å². The number of rotatable bonds is 6. The summed E-state index contributed by atoms with van der Waals surface area (Å²) in [6.07, 6.45) is 0.907. The van der Waals surface area contributed by atoms with E-state index in [0.29, 0.717) is 18.1 Å². The third kappa shape index (κ3) is 6.62. The van der Waals surface area contributed by atoms with Crippen LogP contribution in [0.4, 0.5) is 5.69 Å². The molecule has 0 fully saturated rings. The molecule has 0 aliphatic heterocycles. The lowest BCUT2D eigenvalue weighted by Gasteiger charge is -2.17. The quantitative estimate of drug-likeness (QED) is 0.219. The van der Waals surface area contributed by atoms with Crippen LogP contribution < -0.4 is 10.6 Å². The zero-order valence-electron chi connectivity index (χ0n) is 14.5. The van der Waals surface area contributed by atoms with Crippen molar-refractivity contribution in [3.8, 4) is 0 Å². The minimum atomic E-state index is -0.366. The van der Waals surface area contributed by atoms with Gasteiger partial charge in [-0.05, 0) is 26.0 Å². The van der Waals surface area contributed by atoms with Crippen LogP contribution in [0.3, 0.4) is 0 Å². The predicted molar refractivity (Wildman–Crippen MR) is 114 cm³/mol. The second-order valence-electron chi connectivity index (χ2n) is 5.57. The first kappa shape index (κ1) is 21.4. The molecule has 1 aromatic heterocycles. The van der Waals surface area contributed by atoms with Crippen LogP contribution in [0.15, 0.2) is 41.4 Å². The highest BCUT2D eigenvalue weighted by atomic mass is 127. The molecule has 25 heavy (non-hydrogen) atoms. The molecule has 1 heterocycles. The van der Waals surface area contributed by atoms with Gasteiger partial charge in [-0.3, -0.25) is 15.1 Å². The van der Waals surface area contributed by atoms with Crippen molar-refractivity contribution >= 4 is 47.0 Å². The summed E-state index contributed by atoms with van der Waals surface area (Å²) < 4.78 is 0. The molecule has 0 saturated heterocycles. The predicted octanol–water partition coefficient (Wildman–Crippen LogP) is 3.88. The molecule has 0 bridgehead atoms. The van der Waals surface area contributed by atoms with E-state index in [9.17, 15) is 10.1 Å². The van der Waals surface area contributed by atoms with E-state index in [-0.39, 0.29) is 40.6 Å². The topological polar surface area (TPSA) is 79.6 Å². The standard InChI is InChI=1S/C17H22N4O2S.HI/c1-12(10-15-9-8-13(2)24-15)20-17(18-3)19-11-14-6-4-5-7-16(14)21(22)23;/h4-9,12H,10-11H2,1-3H3,(H2,18,19,20);1H. The maximum atomic E-state index is 11.1. The molecule has 6 nitrogen and oxygen atoms in total. The van der Waals surface area contributed by atoms with Gasteiger partial charge in [-0.2, -0.15) is 0 Å². The zero-order chi connectivity index (χ0) is 17.5. The molecule has 0 saturated carbocycles. The van der Waals surface area contributed by atoms with Gasteiger partial charge in [0.2, 0.25) is 0 Å². The first-order valence-corrected chi connectivity index (χ1v) is 8.56. The number of nitrogens with zero attached hydrogens (tertiary/aromatic N) is 2. The highest BCUT2D eigenvalue weighted by molar-refractivity contribution is 14.0. The fourth-order valence-corrected chi connectivity index (χ4v) is 3.41. The number of aliphatic imine (C=N–C) groups is 1. The second-order valence-corrected chi connectivity index (χ2v) is 6.95. The summed E-state index contributed by atoms with van der Waals surface area (Å²) >= 11 is 1.79. The molecular weight excluding hydrogens is 451 g/mol. The molecule has 1 atom stereocenters. The van der Waals surface area contributed by atoms with Crippen molar-refractivity contribution in [2.45, 2.75) is 32.9 Å². The molecule has 2 rings (SSSR count). The van der Waals surface area contributed by atoms with Gasteiger partial charge in [-0.1, -0.05) is 18.2 Å². The number of thiophene rings is 1. The first-order valence-electron chi connectivity index (χ1n) is 7.74. The molecule has 1 unspecified atom stereocenters. The molecular formula is C17H23IN4O2S. The van der Waals surface area contributed by atoms with E-state index in [4.69, 9.17) is 0 Å². The number of nitro groups is 1. The Bertz CT molecular complexity index is 733. The summed E-state index contributed by atoms with van der Waals surface area (Å²) in [6.45, 7) is 4.54. The van der Waals surface area contributed by atoms with Crippen LogP contribution in [0.5, 0.6) is 0 Å². The molecule has 0 spiro atoms. The molecule has 0 aliphatic rings. The molecule has 2 N–H and O–H groups in total. The van der Waals surface area contributed by atoms with Gasteiger partial charge in [-0.25, -0.2) is 0 Å². The van der Waals surface area contributed by atoms with Gasteiger partial charge in [0.25, 0.3) is 5.69 Å². The number of nitro benzene ring substituents is 1. The number of guanidine groups is 1. The van der Waals surface area contributed by atoms with Gasteiger partial charge in [0.1, 0.15) is 0 Å². The zero-order valence-corrected chi connectivity index (χ0v) is 17.6. The van der Waals surface area contributed by atoms with E-state index in [1.165, 1.54) is 15.8 Å². The highest BCUT2D eigenvalue weighted by Gasteiger charge is 2.13. The van der Waals surface area contributed by atoms with E-state index in [1.54, 1.807) is 36.6 Å². The van der Waals surface area contributed by atoms with Crippen LogP contribution in [0.2, 0.25) is 0 Å². The maximum absolute atomic E-state index is 11.1. The third-order valence-electron chi connectivity index (χ3n) is 3.54. The van der Waals surface area contributed by atoms with Gasteiger partial charge >= 0.3 is 0 Å². The Balaban J connectivity index is 0.00000312. The summed E-state index contributed by atoms with van der Waals surface area (Å²) in [5.74, 6) is 0.633. The van der Waals surface area contributed by atoms with Gasteiger partial charge in [0.05, 0.1) is 4.92 Å². The lowest BCUT2D eigenvalue weighted by molar-refractivity contribution is -0.385. The van der Waals surface area contributed by atoms with E-state index in [0.717, 1.165) is 6.42 Å². The number of hydrogen-bond donors (Lipinski definition) is 2. The van der Waals surface area contributed by atoms with E-state index < -0.39 is 0 Å². The van der Waals surface area contributed by atoms with Crippen molar-refractivity contribution in [1.29, 1.82) is 0 Å². The van der Waals surface area contributed by atoms with Gasteiger partial charge in [0.15, 0.2) is 5.96 Å². The molecule has 0 amide bonds. The SMILES string of the molecule is CN=C(NCc1ccccc1[N+](=O)[O-])NC(C)Cc1ccc(C)s1.I. The monoisotopic (exact) mass is 474 g/mol. The maximum Gasteiger partial charge on any atom is 0.274 e.